The van der Waals surface area contributed by atoms with E-state index in [9.17, 15) is 0 Å². The van der Waals surface area contributed by atoms with Crippen LogP contribution in [0.25, 0.3) is 0 Å². The third-order valence-corrected chi connectivity index (χ3v) is 2.74. The van der Waals surface area contributed by atoms with Crippen LogP contribution in [0.2, 0.25) is 0 Å². The van der Waals surface area contributed by atoms with Gasteiger partial charge in [0.25, 0.3) is 0 Å². The van der Waals surface area contributed by atoms with Gasteiger partial charge in [0.1, 0.15) is 5.82 Å². The number of anilines is 1. The molecule has 1 saturated heterocycles. The summed E-state index contributed by atoms with van der Waals surface area (Å²) in [6, 6.07) is 6.36. The zero-order valence-corrected chi connectivity index (χ0v) is 10.6. The third-order valence-electron chi connectivity index (χ3n) is 2.74. The molecule has 0 unspecified atom stereocenters. The molecule has 0 aliphatic carbocycles. The molecule has 1 fully saturated rings. The predicted octanol–water partition coefficient (Wildman–Crippen LogP) is 1.87. The predicted molar refractivity (Wildman–Crippen MR) is 70.6 cm³/mol. The first kappa shape index (κ1) is 13.3. The van der Waals surface area contributed by atoms with Crippen molar-refractivity contribution in [3.63, 3.8) is 0 Å². The van der Waals surface area contributed by atoms with Gasteiger partial charge in [-0.15, -0.1) is 12.4 Å². The molecule has 1 aliphatic heterocycles. The summed E-state index contributed by atoms with van der Waals surface area (Å²) in [4.78, 5) is 7.04. The van der Waals surface area contributed by atoms with Crippen molar-refractivity contribution in [1.29, 1.82) is 0 Å². The molecule has 1 aromatic heterocycles. The molecular formula is C12H20ClN3. The average molecular weight is 242 g/mol. The first-order valence-corrected chi connectivity index (χ1v) is 5.82. The standard InChI is InChI=1S/C12H19N3.ClH/c1-2-4-11-5-3-6-12(14-11)15-9-7-13-8-10-15;/h3,5-6,13H,2,4,7-10H2,1H3;1H. The van der Waals surface area contributed by atoms with Crippen LogP contribution in [-0.4, -0.2) is 31.2 Å². The number of hydrogen-bond acceptors (Lipinski definition) is 3. The van der Waals surface area contributed by atoms with Gasteiger partial charge in [0.2, 0.25) is 0 Å². The molecule has 0 atom stereocenters. The van der Waals surface area contributed by atoms with Gasteiger partial charge in [0.05, 0.1) is 0 Å². The zero-order valence-electron chi connectivity index (χ0n) is 9.78. The summed E-state index contributed by atoms with van der Waals surface area (Å²) in [7, 11) is 0. The molecule has 0 saturated carbocycles. The number of hydrogen-bond donors (Lipinski definition) is 1. The molecular weight excluding hydrogens is 222 g/mol. The number of rotatable bonds is 3. The molecule has 0 amide bonds. The number of aromatic nitrogens is 1. The Hall–Kier alpha value is -0.800. The lowest BCUT2D eigenvalue weighted by Crippen LogP contribution is -2.43. The van der Waals surface area contributed by atoms with Gasteiger partial charge in [-0.1, -0.05) is 19.4 Å². The largest absolute Gasteiger partial charge is 0.354 e. The summed E-state index contributed by atoms with van der Waals surface area (Å²) in [6.45, 7) is 6.48. The zero-order chi connectivity index (χ0) is 10.5. The van der Waals surface area contributed by atoms with Gasteiger partial charge in [0.15, 0.2) is 0 Å². The second kappa shape index (κ2) is 6.71. The van der Waals surface area contributed by atoms with E-state index >= 15 is 0 Å². The van der Waals surface area contributed by atoms with E-state index in [4.69, 9.17) is 0 Å². The van der Waals surface area contributed by atoms with Gasteiger partial charge in [-0.2, -0.15) is 0 Å². The topological polar surface area (TPSA) is 28.2 Å². The van der Waals surface area contributed by atoms with E-state index in [0.29, 0.717) is 0 Å². The van der Waals surface area contributed by atoms with Crippen LogP contribution in [-0.2, 0) is 6.42 Å². The van der Waals surface area contributed by atoms with Gasteiger partial charge in [0, 0.05) is 31.9 Å². The van der Waals surface area contributed by atoms with Crippen molar-refractivity contribution in [2.45, 2.75) is 19.8 Å². The number of pyridine rings is 1. The Labute approximate surface area is 104 Å². The summed E-state index contributed by atoms with van der Waals surface area (Å²) in [5, 5.41) is 3.35. The van der Waals surface area contributed by atoms with Crippen LogP contribution < -0.4 is 10.2 Å². The molecule has 4 heteroatoms. The van der Waals surface area contributed by atoms with Crippen LogP contribution in [0.15, 0.2) is 18.2 Å². The van der Waals surface area contributed by atoms with E-state index < -0.39 is 0 Å². The van der Waals surface area contributed by atoms with Gasteiger partial charge in [-0.3, -0.25) is 0 Å². The quantitative estimate of drug-likeness (QED) is 0.876. The highest BCUT2D eigenvalue weighted by molar-refractivity contribution is 5.85. The number of nitrogens with one attached hydrogen (secondary N) is 1. The van der Waals surface area contributed by atoms with Gasteiger partial charge in [-0.05, 0) is 18.6 Å². The normalized spacial score (nSPS) is 15.7. The minimum absolute atomic E-state index is 0. The van der Waals surface area contributed by atoms with Crippen molar-refractivity contribution >= 4 is 18.2 Å². The number of halogens is 1. The fourth-order valence-electron chi connectivity index (χ4n) is 1.93. The maximum atomic E-state index is 4.68. The van der Waals surface area contributed by atoms with Crippen molar-refractivity contribution in [1.82, 2.24) is 10.3 Å². The number of nitrogens with zero attached hydrogens (tertiary/aromatic N) is 2. The van der Waals surface area contributed by atoms with E-state index in [1.807, 2.05) is 0 Å². The van der Waals surface area contributed by atoms with Crippen molar-refractivity contribution in [3.05, 3.63) is 23.9 Å². The van der Waals surface area contributed by atoms with Crippen LogP contribution in [0.5, 0.6) is 0 Å². The summed E-state index contributed by atoms with van der Waals surface area (Å²) in [5.41, 5.74) is 1.22. The smallest absolute Gasteiger partial charge is 0.128 e. The Kier molecular flexibility index (Phi) is 5.56. The number of aryl methyl sites for hydroxylation is 1. The molecule has 1 aliphatic rings. The summed E-state index contributed by atoms with van der Waals surface area (Å²) >= 11 is 0. The SMILES string of the molecule is CCCc1cccc(N2CCNCC2)n1.Cl. The molecule has 0 radical (unpaired) electrons. The molecule has 3 nitrogen and oxygen atoms in total. The van der Waals surface area contributed by atoms with Crippen LogP contribution in [0.1, 0.15) is 19.0 Å². The Morgan fingerprint density at radius 3 is 2.75 bits per heavy atom. The lowest BCUT2D eigenvalue weighted by Gasteiger charge is -2.28. The van der Waals surface area contributed by atoms with E-state index in [1.165, 1.54) is 5.69 Å². The molecule has 90 valence electrons. The summed E-state index contributed by atoms with van der Waals surface area (Å²) in [5.74, 6) is 1.14. The first-order chi connectivity index (χ1) is 7.40. The second-order valence-electron chi connectivity index (χ2n) is 3.97. The molecule has 0 spiro atoms. The molecule has 2 rings (SSSR count). The van der Waals surface area contributed by atoms with E-state index in [1.54, 1.807) is 0 Å². The van der Waals surface area contributed by atoms with Crippen molar-refractivity contribution in [3.8, 4) is 0 Å². The highest BCUT2D eigenvalue weighted by Gasteiger charge is 2.11. The minimum Gasteiger partial charge on any atom is -0.354 e. The Bertz CT molecular complexity index is 311. The lowest BCUT2D eigenvalue weighted by molar-refractivity contribution is 0.584. The van der Waals surface area contributed by atoms with Gasteiger partial charge >= 0.3 is 0 Å². The first-order valence-electron chi connectivity index (χ1n) is 5.82. The molecule has 2 heterocycles. The Morgan fingerprint density at radius 2 is 2.06 bits per heavy atom. The minimum atomic E-state index is 0. The van der Waals surface area contributed by atoms with Crippen LogP contribution in [0, 0.1) is 0 Å². The molecule has 1 N–H and O–H groups in total. The van der Waals surface area contributed by atoms with Crippen molar-refractivity contribution in [2.75, 3.05) is 31.1 Å². The average Bonchev–Trinajstić information content (AvgIpc) is 2.31. The van der Waals surface area contributed by atoms with Crippen molar-refractivity contribution in [2.24, 2.45) is 0 Å². The molecule has 16 heavy (non-hydrogen) atoms. The summed E-state index contributed by atoms with van der Waals surface area (Å²) < 4.78 is 0. The maximum absolute atomic E-state index is 4.68. The van der Waals surface area contributed by atoms with Crippen molar-refractivity contribution < 1.29 is 0 Å². The molecule has 0 bridgehead atoms. The second-order valence-corrected chi connectivity index (χ2v) is 3.97. The van der Waals surface area contributed by atoms with E-state index in [-0.39, 0.29) is 12.4 Å². The van der Waals surface area contributed by atoms with Crippen LogP contribution >= 0.6 is 12.4 Å². The third kappa shape index (κ3) is 3.35. The number of piperazine rings is 1. The molecule has 1 aromatic rings. The van der Waals surface area contributed by atoms with E-state index in [0.717, 1.165) is 44.8 Å². The fourth-order valence-corrected chi connectivity index (χ4v) is 1.93. The summed E-state index contributed by atoms with van der Waals surface area (Å²) in [6.07, 6.45) is 2.25. The van der Waals surface area contributed by atoms with Gasteiger partial charge in [-0.25, -0.2) is 4.98 Å². The van der Waals surface area contributed by atoms with Crippen LogP contribution in [0.3, 0.4) is 0 Å². The maximum Gasteiger partial charge on any atom is 0.128 e. The highest BCUT2D eigenvalue weighted by atomic mass is 35.5. The lowest BCUT2D eigenvalue weighted by atomic mass is 10.2. The Balaban J connectivity index is 0.00000128. The van der Waals surface area contributed by atoms with Crippen LogP contribution in [0.4, 0.5) is 5.82 Å². The molecule has 0 aromatic carbocycles. The monoisotopic (exact) mass is 241 g/mol. The van der Waals surface area contributed by atoms with Gasteiger partial charge < -0.3 is 10.2 Å². The Morgan fingerprint density at radius 1 is 1.31 bits per heavy atom. The fraction of sp³-hybridized carbons (Fsp3) is 0.583. The highest BCUT2D eigenvalue weighted by Crippen LogP contribution is 2.12. The van der Waals surface area contributed by atoms with E-state index in [2.05, 4.69) is 40.3 Å².